The normalized spacial score (nSPS) is 31.9. The molecule has 0 bridgehead atoms. The minimum absolute atomic E-state index is 0.000759. The molecule has 10 N–H and O–H groups in total. The zero-order chi connectivity index (χ0) is 35.2. The van der Waals surface area contributed by atoms with Crippen LogP contribution >= 0.6 is 23.5 Å². The molecule has 0 aliphatic carbocycles. The van der Waals surface area contributed by atoms with Gasteiger partial charge in [-0.1, -0.05) is 6.08 Å². The van der Waals surface area contributed by atoms with Crippen LogP contribution in [0.1, 0.15) is 12.6 Å². The fraction of sp³-hybridized carbons (Fsp3) is 0.524. The smallest absolute Gasteiger partial charge is 0.478 e. The molecule has 2 fully saturated rings. The van der Waals surface area contributed by atoms with E-state index in [1.54, 1.807) is 0 Å². The maximum atomic E-state index is 12.6. The van der Waals surface area contributed by atoms with Crippen molar-refractivity contribution in [1.82, 2.24) is 24.4 Å². The SMILES string of the molecule is Nc1ncnc2c1ncn2[C@@H]1O[C@H](COP(=O)(O)OP(=O)(O)OC[C@H]2O[C@@H](N3C=CCC(C(=O)O)=C3)[C@H](O)[C@@H]2O)[C@@H](O)[C@H]1OP(=O)(O)O. The molecule has 3 aliphatic heterocycles. The Kier molecular flexibility index (Phi) is 10.6. The highest BCUT2D eigenvalue weighted by Gasteiger charge is 2.51. The number of nitrogens with two attached hydrogens (primary N) is 1. The van der Waals surface area contributed by atoms with E-state index in [0.717, 1.165) is 28.3 Å². The second-order valence-corrected chi connectivity index (χ2v) is 14.6. The van der Waals surface area contributed by atoms with Crippen molar-refractivity contribution in [3.05, 3.63) is 36.7 Å². The van der Waals surface area contributed by atoms with Gasteiger partial charge in [0.25, 0.3) is 0 Å². The van der Waals surface area contributed by atoms with E-state index < -0.39 is 91.7 Å². The lowest BCUT2D eigenvalue weighted by molar-refractivity contribution is -0.133. The van der Waals surface area contributed by atoms with Crippen LogP contribution in [0.25, 0.3) is 11.2 Å². The van der Waals surface area contributed by atoms with Crippen molar-refractivity contribution >= 4 is 46.4 Å². The van der Waals surface area contributed by atoms with Gasteiger partial charge in [-0.2, -0.15) is 4.31 Å². The Morgan fingerprint density at radius 3 is 2.19 bits per heavy atom. The summed E-state index contributed by atoms with van der Waals surface area (Å²) >= 11 is 0. The predicted molar refractivity (Wildman–Crippen MR) is 151 cm³/mol. The number of phosphoric acid groups is 3. The third kappa shape index (κ3) is 8.17. The highest BCUT2D eigenvalue weighted by Crippen LogP contribution is 2.61. The summed E-state index contributed by atoms with van der Waals surface area (Å²) in [5.41, 5.74) is 5.76. The Balaban J connectivity index is 1.20. The number of imidazole rings is 1. The fourth-order valence-corrected chi connectivity index (χ4v) is 7.55. The number of ether oxygens (including phenoxy) is 2. The lowest BCUT2D eigenvalue weighted by Gasteiger charge is -2.28. The molecule has 3 aliphatic rings. The number of aliphatic carboxylic acids is 1. The minimum Gasteiger partial charge on any atom is -0.478 e. The van der Waals surface area contributed by atoms with Crippen molar-refractivity contribution in [2.75, 3.05) is 18.9 Å². The molecular formula is C21H29N6O18P3. The number of aliphatic hydroxyl groups excluding tert-OH is 3. The van der Waals surface area contributed by atoms with Crippen molar-refractivity contribution in [2.24, 2.45) is 0 Å². The summed E-state index contributed by atoms with van der Waals surface area (Å²) in [6, 6.07) is 0. The molecule has 0 aromatic carbocycles. The van der Waals surface area contributed by atoms with Gasteiger partial charge in [0.15, 0.2) is 23.9 Å². The summed E-state index contributed by atoms with van der Waals surface area (Å²) in [5, 5.41) is 40.7. The molecule has 24 nitrogen and oxygen atoms in total. The first-order valence-corrected chi connectivity index (χ1v) is 17.9. The van der Waals surface area contributed by atoms with E-state index in [9.17, 15) is 58.5 Å². The second kappa shape index (κ2) is 13.9. The van der Waals surface area contributed by atoms with Crippen LogP contribution in [0.2, 0.25) is 0 Å². The van der Waals surface area contributed by atoms with Crippen molar-refractivity contribution in [3.63, 3.8) is 0 Å². The van der Waals surface area contributed by atoms with E-state index >= 15 is 0 Å². The number of nitrogens with zero attached hydrogens (tertiary/aromatic N) is 5. The van der Waals surface area contributed by atoms with Gasteiger partial charge in [-0.05, 0) is 0 Å². The predicted octanol–water partition coefficient (Wildman–Crippen LogP) is -1.97. The van der Waals surface area contributed by atoms with Crippen LogP contribution in [-0.2, 0) is 45.8 Å². The van der Waals surface area contributed by atoms with Gasteiger partial charge in [0.2, 0.25) is 0 Å². The highest BCUT2D eigenvalue weighted by molar-refractivity contribution is 7.61. The maximum absolute atomic E-state index is 12.6. The van der Waals surface area contributed by atoms with Crippen molar-refractivity contribution in [3.8, 4) is 0 Å². The van der Waals surface area contributed by atoms with E-state index in [-0.39, 0.29) is 29.0 Å². The largest absolute Gasteiger partial charge is 0.481 e. The number of fused-ring (bicyclic) bond motifs is 1. The summed E-state index contributed by atoms with van der Waals surface area (Å²) in [7, 11) is -16.3. The molecule has 2 aromatic heterocycles. The number of hydrogen-bond acceptors (Lipinski definition) is 18. The molecule has 0 spiro atoms. The number of aromatic nitrogens is 4. The Hall–Kier alpha value is -2.73. The zero-order valence-electron chi connectivity index (χ0n) is 23.9. The van der Waals surface area contributed by atoms with E-state index in [0.29, 0.717) is 0 Å². The lowest BCUT2D eigenvalue weighted by atomic mass is 10.1. The molecule has 266 valence electrons. The number of carboxylic acids is 1. The maximum Gasteiger partial charge on any atom is 0.481 e. The van der Waals surface area contributed by atoms with Crippen LogP contribution in [0.15, 0.2) is 36.7 Å². The summed E-state index contributed by atoms with van der Waals surface area (Å²) in [6.07, 6.45) is -7.05. The molecule has 0 amide bonds. The molecule has 27 heteroatoms. The standard InChI is InChI=1S/C21H29N6O18P3/c22-17-12-18(24-7-23-17)27(8-25-12)20-16(44-46(33,34)35)14(29)11(43-20)6-41-48(38,39)45-47(36,37)40-5-10-13(28)15(30)19(42-10)26-3-1-2-9(4-26)21(31)32/h1,3-4,7-8,10-11,13-16,19-20,28-30H,2,5-6H2,(H,31,32)(H,36,37)(H,38,39)(H2,22,23,24)(H2,33,34,35)/t10-,11-,13-,14-,15-,16-,19-,20-/m1/s1. The van der Waals surface area contributed by atoms with E-state index in [1.807, 2.05) is 0 Å². The first-order valence-electron chi connectivity index (χ1n) is 13.4. The molecule has 5 heterocycles. The Bertz CT molecular complexity index is 1730. The lowest BCUT2D eigenvalue weighted by Crippen LogP contribution is -2.40. The number of rotatable bonds is 13. The van der Waals surface area contributed by atoms with Crippen LogP contribution in [0.3, 0.4) is 0 Å². The molecule has 2 saturated heterocycles. The number of carbonyl (C=O) groups is 1. The van der Waals surface area contributed by atoms with Gasteiger partial charge >= 0.3 is 29.4 Å². The van der Waals surface area contributed by atoms with Crippen LogP contribution in [-0.4, -0.2) is 126 Å². The number of anilines is 1. The topological polar surface area (TPSA) is 358 Å². The monoisotopic (exact) mass is 746 g/mol. The third-order valence-electron chi connectivity index (χ3n) is 7.07. The van der Waals surface area contributed by atoms with Crippen LogP contribution in [0, 0.1) is 0 Å². The molecule has 48 heavy (non-hydrogen) atoms. The Morgan fingerprint density at radius 2 is 1.56 bits per heavy atom. The van der Waals surface area contributed by atoms with Crippen LogP contribution < -0.4 is 5.73 Å². The molecule has 2 aromatic rings. The average molecular weight is 746 g/mol. The van der Waals surface area contributed by atoms with Crippen molar-refractivity contribution in [1.29, 1.82) is 0 Å². The highest BCUT2D eigenvalue weighted by atomic mass is 31.3. The molecule has 0 saturated carbocycles. The summed E-state index contributed by atoms with van der Waals surface area (Å²) in [4.78, 5) is 63.1. The molecule has 0 radical (unpaired) electrons. The van der Waals surface area contributed by atoms with Crippen LogP contribution in [0.4, 0.5) is 5.82 Å². The summed E-state index contributed by atoms with van der Waals surface area (Å²) in [6.45, 7) is -2.06. The van der Waals surface area contributed by atoms with Crippen molar-refractivity contribution < 1.29 is 85.8 Å². The second-order valence-electron chi connectivity index (χ2n) is 10.4. The first-order chi connectivity index (χ1) is 22.4. The molecule has 10 atom stereocenters. The van der Waals surface area contributed by atoms with Gasteiger partial charge in [0, 0.05) is 18.8 Å². The Labute approximate surface area is 268 Å². The average Bonchev–Trinajstić information content (AvgIpc) is 3.64. The number of carboxylic acid groups (broad SMARTS) is 1. The quantitative estimate of drug-likeness (QED) is 0.100. The first kappa shape index (κ1) is 36.5. The Morgan fingerprint density at radius 1 is 0.938 bits per heavy atom. The van der Waals surface area contributed by atoms with E-state index in [1.165, 1.54) is 12.3 Å². The van der Waals surface area contributed by atoms with Gasteiger partial charge in [0.1, 0.15) is 48.5 Å². The summed E-state index contributed by atoms with van der Waals surface area (Å²) < 4.78 is 67.1. The molecule has 5 rings (SSSR count). The zero-order valence-corrected chi connectivity index (χ0v) is 26.6. The molecular weight excluding hydrogens is 717 g/mol. The number of nitrogen functional groups attached to an aromatic ring is 1. The van der Waals surface area contributed by atoms with Crippen LogP contribution in [0.5, 0.6) is 0 Å². The number of aliphatic hydroxyl groups is 3. The number of hydrogen-bond donors (Lipinski definition) is 9. The van der Waals surface area contributed by atoms with Gasteiger partial charge in [-0.3, -0.25) is 18.1 Å². The van der Waals surface area contributed by atoms with Gasteiger partial charge in [-0.15, -0.1) is 0 Å². The van der Waals surface area contributed by atoms with E-state index in [4.69, 9.17) is 15.2 Å². The van der Waals surface area contributed by atoms with Crippen molar-refractivity contribution in [2.45, 2.75) is 55.5 Å². The molecule has 2 unspecified atom stereocenters. The number of allylic oxidation sites excluding steroid dienone is 1. The fourth-order valence-electron chi connectivity index (χ4n) is 4.91. The number of phosphoric ester groups is 3. The summed E-state index contributed by atoms with van der Waals surface area (Å²) in [5.74, 6) is -1.30. The van der Waals surface area contributed by atoms with Gasteiger partial charge < -0.3 is 60.1 Å². The third-order valence-corrected chi connectivity index (χ3v) is 10.2. The van der Waals surface area contributed by atoms with Gasteiger partial charge in [-0.25, -0.2) is 33.4 Å². The minimum atomic E-state index is -5.53. The van der Waals surface area contributed by atoms with E-state index in [2.05, 4.69) is 32.8 Å². The van der Waals surface area contributed by atoms with Gasteiger partial charge in [0.05, 0.1) is 25.1 Å².